The number of rotatable bonds is 4. The topological polar surface area (TPSA) is 24.9 Å². The second-order valence-electron chi connectivity index (χ2n) is 6.58. The highest BCUT2D eigenvalue weighted by Gasteiger charge is 2.34. The molecule has 0 amide bonds. The van der Waals surface area contributed by atoms with E-state index in [4.69, 9.17) is 0 Å². The van der Waals surface area contributed by atoms with Gasteiger partial charge in [0.2, 0.25) is 0 Å². The summed E-state index contributed by atoms with van der Waals surface area (Å²) >= 11 is 0. The van der Waals surface area contributed by atoms with Gasteiger partial charge in [-0.3, -0.25) is 4.98 Å². The molecule has 20 heavy (non-hydrogen) atoms. The summed E-state index contributed by atoms with van der Waals surface area (Å²) in [6.45, 7) is 5.80. The Morgan fingerprint density at radius 1 is 1.25 bits per heavy atom. The number of nitrogens with zero attached hydrogens (tertiary/aromatic N) is 1. The van der Waals surface area contributed by atoms with Gasteiger partial charge in [-0.1, -0.05) is 38.1 Å². The molecule has 1 aliphatic rings. The van der Waals surface area contributed by atoms with Gasteiger partial charge < -0.3 is 5.32 Å². The molecule has 1 aromatic carbocycles. The standard InChI is InChI=1S/C18H24N2/c1-14(2)12-18(9-5-11-20-18)13-16-7-3-6-15-8-4-10-19-17(15)16/h3-4,6-8,10,14,20H,5,9,11-13H2,1-2H3. The van der Waals surface area contributed by atoms with Gasteiger partial charge in [-0.2, -0.15) is 0 Å². The van der Waals surface area contributed by atoms with Crippen molar-refractivity contribution < 1.29 is 0 Å². The molecule has 0 aliphatic carbocycles. The van der Waals surface area contributed by atoms with E-state index in [2.05, 4.69) is 48.4 Å². The monoisotopic (exact) mass is 268 g/mol. The molecule has 0 spiro atoms. The Hall–Kier alpha value is -1.41. The first kappa shape index (κ1) is 13.6. The summed E-state index contributed by atoms with van der Waals surface area (Å²) < 4.78 is 0. The Balaban J connectivity index is 1.94. The molecule has 0 saturated carbocycles. The van der Waals surface area contributed by atoms with E-state index in [0.717, 1.165) is 18.9 Å². The predicted molar refractivity (Wildman–Crippen MR) is 84.9 cm³/mol. The third kappa shape index (κ3) is 2.71. The van der Waals surface area contributed by atoms with Crippen molar-refractivity contribution in [2.24, 2.45) is 5.92 Å². The van der Waals surface area contributed by atoms with Crippen LogP contribution in [0.2, 0.25) is 0 Å². The lowest BCUT2D eigenvalue weighted by Crippen LogP contribution is -2.43. The van der Waals surface area contributed by atoms with Crippen molar-refractivity contribution >= 4 is 10.9 Å². The van der Waals surface area contributed by atoms with E-state index >= 15 is 0 Å². The molecule has 1 N–H and O–H groups in total. The second-order valence-corrected chi connectivity index (χ2v) is 6.58. The van der Waals surface area contributed by atoms with E-state index in [0.29, 0.717) is 0 Å². The quantitative estimate of drug-likeness (QED) is 0.908. The van der Waals surface area contributed by atoms with Crippen molar-refractivity contribution in [3.63, 3.8) is 0 Å². The van der Waals surface area contributed by atoms with Gasteiger partial charge in [0.1, 0.15) is 0 Å². The minimum absolute atomic E-state index is 0.278. The van der Waals surface area contributed by atoms with Crippen molar-refractivity contribution in [3.05, 3.63) is 42.1 Å². The van der Waals surface area contributed by atoms with E-state index < -0.39 is 0 Å². The maximum absolute atomic E-state index is 4.61. The summed E-state index contributed by atoms with van der Waals surface area (Å²) in [6.07, 6.45) is 6.83. The average Bonchev–Trinajstić information content (AvgIpc) is 2.86. The first-order chi connectivity index (χ1) is 9.69. The fraction of sp³-hybridized carbons (Fsp3) is 0.500. The Morgan fingerprint density at radius 2 is 2.10 bits per heavy atom. The van der Waals surface area contributed by atoms with E-state index in [9.17, 15) is 0 Å². The Kier molecular flexibility index (Phi) is 3.75. The second kappa shape index (κ2) is 5.53. The fourth-order valence-electron chi connectivity index (χ4n) is 3.72. The van der Waals surface area contributed by atoms with Crippen LogP contribution in [0.3, 0.4) is 0 Å². The third-order valence-electron chi connectivity index (χ3n) is 4.38. The number of para-hydroxylation sites is 1. The lowest BCUT2D eigenvalue weighted by Gasteiger charge is -2.32. The Labute approximate surface area is 121 Å². The zero-order chi connectivity index (χ0) is 14.0. The van der Waals surface area contributed by atoms with Crippen LogP contribution in [0.5, 0.6) is 0 Å². The largest absolute Gasteiger partial charge is 0.311 e. The normalized spacial score (nSPS) is 22.8. The van der Waals surface area contributed by atoms with Crippen LogP contribution in [0.4, 0.5) is 0 Å². The van der Waals surface area contributed by atoms with Crippen molar-refractivity contribution in [2.45, 2.75) is 45.1 Å². The van der Waals surface area contributed by atoms with Crippen LogP contribution in [0.25, 0.3) is 10.9 Å². The van der Waals surface area contributed by atoms with Crippen LogP contribution in [-0.2, 0) is 6.42 Å². The molecule has 1 saturated heterocycles. The first-order valence-electron chi connectivity index (χ1n) is 7.76. The zero-order valence-electron chi connectivity index (χ0n) is 12.5. The summed E-state index contributed by atoms with van der Waals surface area (Å²) in [5.41, 5.74) is 2.84. The molecule has 1 fully saturated rings. The van der Waals surface area contributed by atoms with Gasteiger partial charge >= 0.3 is 0 Å². The number of pyridine rings is 1. The number of hydrogen-bond donors (Lipinski definition) is 1. The van der Waals surface area contributed by atoms with E-state index in [1.807, 2.05) is 12.3 Å². The highest BCUT2D eigenvalue weighted by molar-refractivity contribution is 5.81. The van der Waals surface area contributed by atoms with Gasteiger partial charge in [-0.25, -0.2) is 0 Å². The summed E-state index contributed by atoms with van der Waals surface area (Å²) in [7, 11) is 0. The number of hydrogen-bond acceptors (Lipinski definition) is 2. The molecule has 2 heteroatoms. The van der Waals surface area contributed by atoms with Crippen LogP contribution < -0.4 is 5.32 Å². The van der Waals surface area contributed by atoms with Crippen molar-refractivity contribution in [1.82, 2.24) is 10.3 Å². The molecular weight excluding hydrogens is 244 g/mol. The number of benzene rings is 1. The molecule has 1 aliphatic heterocycles. The molecule has 3 rings (SSSR count). The smallest absolute Gasteiger partial charge is 0.0734 e. The summed E-state index contributed by atoms with van der Waals surface area (Å²) in [5.74, 6) is 0.725. The number of aromatic nitrogens is 1. The SMILES string of the molecule is CC(C)CC1(Cc2cccc3cccnc23)CCCN1. The molecule has 1 unspecified atom stereocenters. The maximum Gasteiger partial charge on any atom is 0.0734 e. The Morgan fingerprint density at radius 3 is 2.85 bits per heavy atom. The molecule has 0 bridgehead atoms. The van der Waals surface area contributed by atoms with E-state index in [-0.39, 0.29) is 5.54 Å². The Bertz CT molecular complexity index is 577. The van der Waals surface area contributed by atoms with E-state index in [1.165, 1.54) is 35.7 Å². The van der Waals surface area contributed by atoms with Crippen LogP contribution in [0.1, 0.15) is 38.7 Å². The first-order valence-corrected chi connectivity index (χ1v) is 7.76. The minimum Gasteiger partial charge on any atom is -0.311 e. The van der Waals surface area contributed by atoms with Gasteiger partial charge in [-0.15, -0.1) is 0 Å². The van der Waals surface area contributed by atoms with Crippen LogP contribution >= 0.6 is 0 Å². The van der Waals surface area contributed by atoms with Crippen molar-refractivity contribution in [3.8, 4) is 0 Å². The highest BCUT2D eigenvalue weighted by Crippen LogP contribution is 2.32. The number of nitrogens with one attached hydrogen (secondary N) is 1. The highest BCUT2D eigenvalue weighted by atomic mass is 15.0. The predicted octanol–water partition coefficient (Wildman–Crippen LogP) is 3.95. The molecule has 1 atom stereocenters. The number of fused-ring (bicyclic) bond motifs is 1. The molecule has 2 nitrogen and oxygen atoms in total. The molecule has 0 radical (unpaired) electrons. The minimum atomic E-state index is 0.278. The maximum atomic E-state index is 4.61. The van der Waals surface area contributed by atoms with Gasteiger partial charge in [0.15, 0.2) is 0 Å². The molecule has 106 valence electrons. The van der Waals surface area contributed by atoms with Gasteiger partial charge in [0.05, 0.1) is 5.52 Å². The van der Waals surface area contributed by atoms with Crippen LogP contribution in [0.15, 0.2) is 36.5 Å². The van der Waals surface area contributed by atoms with Crippen molar-refractivity contribution in [1.29, 1.82) is 0 Å². The fourth-order valence-corrected chi connectivity index (χ4v) is 3.72. The van der Waals surface area contributed by atoms with E-state index in [1.54, 1.807) is 0 Å². The molecule has 1 aromatic heterocycles. The molecular formula is C18H24N2. The lowest BCUT2D eigenvalue weighted by molar-refractivity contribution is 0.302. The molecule has 2 aromatic rings. The van der Waals surface area contributed by atoms with Crippen LogP contribution in [-0.4, -0.2) is 17.1 Å². The molecule has 2 heterocycles. The summed E-state index contributed by atoms with van der Waals surface area (Å²) in [6, 6.07) is 10.7. The average molecular weight is 268 g/mol. The van der Waals surface area contributed by atoms with Crippen LogP contribution in [0, 0.1) is 5.92 Å². The van der Waals surface area contributed by atoms with Gasteiger partial charge in [-0.05, 0) is 49.8 Å². The van der Waals surface area contributed by atoms with Crippen molar-refractivity contribution in [2.75, 3.05) is 6.54 Å². The summed E-state index contributed by atoms with van der Waals surface area (Å²) in [4.78, 5) is 4.61. The third-order valence-corrected chi connectivity index (χ3v) is 4.38. The van der Waals surface area contributed by atoms with Gasteiger partial charge in [0, 0.05) is 17.1 Å². The van der Waals surface area contributed by atoms with Gasteiger partial charge in [0.25, 0.3) is 0 Å². The summed E-state index contributed by atoms with van der Waals surface area (Å²) in [5, 5.41) is 5.04. The zero-order valence-corrected chi connectivity index (χ0v) is 12.5. The lowest BCUT2D eigenvalue weighted by atomic mass is 9.81.